The first-order chi connectivity index (χ1) is 14.0. The van der Waals surface area contributed by atoms with Gasteiger partial charge in [-0.3, -0.25) is 0 Å². The summed E-state index contributed by atoms with van der Waals surface area (Å²) >= 11 is 3.41. The summed E-state index contributed by atoms with van der Waals surface area (Å²) in [5.41, 5.74) is 2.60. The molecule has 3 nitrogen and oxygen atoms in total. The molecule has 0 saturated heterocycles. The average Bonchev–Trinajstić information content (AvgIpc) is 3.00. The Morgan fingerprint density at radius 3 is 2.47 bits per heavy atom. The van der Waals surface area contributed by atoms with E-state index in [9.17, 15) is 15.3 Å². The van der Waals surface area contributed by atoms with E-state index < -0.39 is 17.8 Å². The SMILES string of the molecule is C[C@H](CCCC(C)(C)O)[C@H]1CC[C@H]2C(=CC=C3C[C@@H](O)C(Br)[C@H](O)C3)CCC[C@]12C. The van der Waals surface area contributed by atoms with Gasteiger partial charge in [-0.15, -0.1) is 0 Å². The minimum Gasteiger partial charge on any atom is -0.392 e. The molecular formula is C26H43BrO3. The zero-order valence-electron chi connectivity index (χ0n) is 19.4. The largest absolute Gasteiger partial charge is 0.392 e. The third-order valence-electron chi connectivity index (χ3n) is 8.38. The fourth-order valence-corrected chi connectivity index (χ4v) is 7.11. The molecule has 0 aromatic heterocycles. The monoisotopic (exact) mass is 482 g/mol. The van der Waals surface area contributed by atoms with Crippen LogP contribution >= 0.6 is 15.9 Å². The van der Waals surface area contributed by atoms with Crippen molar-refractivity contribution in [3.63, 3.8) is 0 Å². The van der Waals surface area contributed by atoms with Gasteiger partial charge in [-0.05, 0) is 88.4 Å². The van der Waals surface area contributed by atoms with Crippen molar-refractivity contribution in [1.29, 1.82) is 0 Å². The van der Waals surface area contributed by atoms with E-state index in [1.54, 1.807) is 5.57 Å². The van der Waals surface area contributed by atoms with Crippen LogP contribution in [0.5, 0.6) is 0 Å². The highest BCUT2D eigenvalue weighted by Crippen LogP contribution is 2.60. The van der Waals surface area contributed by atoms with Crippen molar-refractivity contribution in [2.75, 3.05) is 0 Å². The molecule has 3 fully saturated rings. The minimum absolute atomic E-state index is 0.214. The summed E-state index contributed by atoms with van der Waals surface area (Å²) < 4.78 is 0. The number of fused-ring (bicyclic) bond motifs is 1. The lowest BCUT2D eigenvalue weighted by Crippen LogP contribution is -2.37. The van der Waals surface area contributed by atoms with Crippen molar-refractivity contribution >= 4 is 15.9 Å². The fraction of sp³-hybridized carbons (Fsp3) is 0.846. The van der Waals surface area contributed by atoms with E-state index in [1.807, 2.05) is 13.8 Å². The molecule has 0 spiro atoms. The van der Waals surface area contributed by atoms with Crippen molar-refractivity contribution < 1.29 is 15.3 Å². The van der Waals surface area contributed by atoms with Crippen molar-refractivity contribution in [2.24, 2.45) is 23.2 Å². The molecular weight excluding hydrogens is 440 g/mol. The number of hydrogen-bond donors (Lipinski definition) is 3. The quantitative estimate of drug-likeness (QED) is 0.412. The number of rotatable bonds is 6. The molecule has 0 radical (unpaired) electrons. The van der Waals surface area contributed by atoms with Crippen molar-refractivity contribution in [2.45, 2.75) is 115 Å². The lowest BCUT2D eigenvalue weighted by Gasteiger charge is -2.44. The Kier molecular flexibility index (Phi) is 7.97. The number of hydrogen-bond acceptors (Lipinski definition) is 3. The predicted molar refractivity (Wildman–Crippen MR) is 128 cm³/mol. The van der Waals surface area contributed by atoms with E-state index in [0.29, 0.717) is 30.1 Å². The molecule has 0 aromatic carbocycles. The van der Waals surface area contributed by atoms with Crippen LogP contribution < -0.4 is 0 Å². The van der Waals surface area contributed by atoms with Gasteiger partial charge in [0, 0.05) is 0 Å². The lowest BCUT2D eigenvalue weighted by molar-refractivity contribution is 0.0596. The van der Waals surface area contributed by atoms with Crippen molar-refractivity contribution in [3.8, 4) is 0 Å². The normalized spacial score (nSPS) is 39.8. The maximum atomic E-state index is 10.2. The molecule has 0 unspecified atom stereocenters. The Morgan fingerprint density at radius 2 is 1.83 bits per heavy atom. The topological polar surface area (TPSA) is 60.7 Å². The van der Waals surface area contributed by atoms with Gasteiger partial charge in [0.2, 0.25) is 0 Å². The minimum atomic E-state index is -0.550. The van der Waals surface area contributed by atoms with E-state index in [2.05, 4.69) is 41.9 Å². The van der Waals surface area contributed by atoms with Crippen LogP contribution in [0.2, 0.25) is 0 Å². The highest BCUT2D eigenvalue weighted by atomic mass is 79.9. The van der Waals surface area contributed by atoms with E-state index in [0.717, 1.165) is 18.8 Å². The van der Waals surface area contributed by atoms with Gasteiger partial charge in [0.05, 0.1) is 22.6 Å². The number of aliphatic hydroxyl groups is 3. The number of allylic oxidation sites excluding steroid dienone is 3. The van der Waals surface area contributed by atoms with Crippen LogP contribution in [0.3, 0.4) is 0 Å². The second-order valence-electron chi connectivity index (χ2n) is 11.3. The Hall–Kier alpha value is -0.160. The highest BCUT2D eigenvalue weighted by Gasteiger charge is 2.50. The van der Waals surface area contributed by atoms with Gasteiger partial charge in [0.1, 0.15) is 0 Å². The Balaban J connectivity index is 1.67. The third kappa shape index (κ3) is 5.60. The first kappa shape index (κ1) is 24.5. The van der Waals surface area contributed by atoms with Crippen molar-refractivity contribution in [1.82, 2.24) is 0 Å². The number of halogens is 1. The van der Waals surface area contributed by atoms with Gasteiger partial charge in [-0.1, -0.05) is 65.9 Å². The van der Waals surface area contributed by atoms with Gasteiger partial charge in [-0.2, -0.15) is 0 Å². The molecule has 0 aliphatic heterocycles. The van der Waals surface area contributed by atoms with Crippen LogP contribution in [0.1, 0.15) is 91.9 Å². The predicted octanol–water partition coefficient (Wildman–Crippen LogP) is 5.91. The Morgan fingerprint density at radius 1 is 1.17 bits per heavy atom. The van der Waals surface area contributed by atoms with Crippen molar-refractivity contribution in [3.05, 3.63) is 23.3 Å². The molecule has 30 heavy (non-hydrogen) atoms. The summed E-state index contributed by atoms with van der Waals surface area (Å²) in [6, 6.07) is 0. The zero-order chi connectivity index (χ0) is 22.1. The van der Waals surface area contributed by atoms with Gasteiger partial charge < -0.3 is 15.3 Å². The molecule has 172 valence electrons. The molecule has 3 rings (SSSR count). The second-order valence-corrected chi connectivity index (χ2v) is 12.4. The summed E-state index contributed by atoms with van der Waals surface area (Å²) in [6.07, 6.45) is 14.4. The van der Waals surface area contributed by atoms with Crippen LogP contribution in [-0.2, 0) is 0 Å². The molecule has 4 heteroatoms. The van der Waals surface area contributed by atoms with Crippen LogP contribution in [0.4, 0.5) is 0 Å². The standard InChI is InChI=1S/C26H43BrO3/c1-17(7-5-13-25(2,3)30)20-11-12-21-19(8-6-14-26(20,21)4)10-9-18-15-22(28)24(27)23(29)16-18/h9-10,17,20-24,28-30H,5-8,11-16H2,1-4H3/t17-,20-,21+,22-,23-,24?,26-/m1/s1. The Bertz CT molecular complexity index is 635. The second kappa shape index (κ2) is 9.77. The van der Waals surface area contributed by atoms with E-state index >= 15 is 0 Å². The van der Waals surface area contributed by atoms with Gasteiger partial charge >= 0.3 is 0 Å². The molecule has 0 amide bonds. The summed E-state index contributed by atoms with van der Waals surface area (Å²) in [4.78, 5) is -0.214. The van der Waals surface area contributed by atoms with Crippen LogP contribution in [0, 0.1) is 23.2 Å². The van der Waals surface area contributed by atoms with Gasteiger partial charge in [0.15, 0.2) is 0 Å². The summed E-state index contributed by atoms with van der Waals surface area (Å²) in [5.74, 6) is 2.15. The van der Waals surface area contributed by atoms with Crippen LogP contribution in [0.15, 0.2) is 23.3 Å². The molecule has 3 saturated carbocycles. The van der Waals surface area contributed by atoms with Gasteiger partial charge in [0.25, 0.3) is 0 Å². The first-order valence-electron chi connectivity index (χ1n) is 12.1. The summed E-state index contributed by atoms with van der Waals surface area (Å²) in [7, 11) is 0. The molecule has 0 aromatic rings. The number of aliphatic hydroxyl groups excluding tert-OH is 2. The average molecular weight is 484 g/mol. The fourth-order valence-electron chi connectivity index (χ4n) is 6.74. The third-order valence-corrected chi connectivity index (χ3v) is 9.60. The molecule has 0 heterocycles. The van der Waals surface area contributed by atoms with E-state index in [4.69, 9.17) is 0 Å². The lowest BCUT2D eigenvalue weighted by atomic mass is 9.60. The maximum Gasteiger partial charge on any atom is 0.0727 e. The zero-order valence-corrected chi connectivity index (χ0v) is 21.0. The highest BCUT2D eigenvalue weighted by molar-refractivity contribution is 9.09. The molecule has 6 atom stereocenters. The molecule has 3 aliphatic carbocycles. The van der Waals surface area contributed by atoms with Crippen LogP contribution in [-0.4, -0.2) is 38.0 Å². The van der Waals surface area contributed by atoms with E-state index in [-0.39, 0.29) is 4.83 Å². The Labute approximate surface area is 192 Å². The smallest absolute Gasteiger partial charge is 0.0727 e. The molecule has 0 bridgehead atoms. The molecule has 3 aliphatic rings. The number of alkyl halides is 1. The first-order valence-corrected chi connectivity index (χ1v) is 13.0. The molecule has 3 N–H and O–H groups in total. The summed E-state index contributed by atoms with van der Waals surface area (Å²) in [5, 5.41) is 30.4. The van der Waals surface area contributed by atoms with Gasteiger partial charge in [-0.25, -0.2) is 0 Å². The maximum absolute atomic E-state index is 10.2. The van der Waals surface area contributed by atoms with E-state index in [1.165, 1.54) is 44.1 Å². The van der Waals surface area contributed by atoms with Crippen LogP contribution in [0.25, 0.3) is 0 Å². The summed E-state index contributed by atoms with van der Waals surface area (Å²) in [6.45, 7) is 8.80.